The van der Waals surface area contributed by atoms with Crippen LogP contribution in [0.4, 0.5) is 5.69 Å². The number of carbonyl (C=O) groups is 1. The molecule has 2 aliphatic rings. The largest absolute Gasteiger partial charge is 0.327 e. The van der Waals surface area contributed by atoms with E-state index < -0.39 is 0 Å². The fourth-order valence-corrected chi connectivity index (χ4v) is 3.14. The SMILES string of the molecule is CCCC(N)Cc1ccc2c(c1)CCN2C(=O)C1CC1. The van der Waals surface area contributed by atoms with Crippen molar-refractivity contribution in [2.75, 3.05) is 11.4 Å². The van der Waals surface area contributed by atoms with Crippen LogP contribution in [0.5, 0.6) is 0 Å². The van der Waals surface area contributed by atoms with Crippen molar-refractivity contribution >= 4 is 11.6 Å². The number of rotatable bonds is 5. The van der Waals surface area contributed by atoms with Gasteiger partial charge in [0, 0.05) is 24.2 Å². The van der Waals surface area contributed by atoms with E-state index in [0.717, 1.165) is 50.8 Å². The summed E-state index contributed by atoms with van der Waals surface area (Å²) in [7, 11) is 0. The Morgan fingerprint density at radius 1 is 1.45 bits per heavy atom. The number of fused-ring (bicyclic) bond motifs is 1. The maximum absolute atomic E-state index is 12.2. The molecule has 3 nitrogen and oxygen atoms in total. The number of amides is 1. The van der Waals surface area contributed by atoms with E-state index in [-0.39, 0.29) is 6.04 Å². The van der Waals surface area contributed by atoms with Crippen LogP contribution in [-0.2, 0) is 17.6 Å². The first kappa shape index (κ1) is 13.6. The van der Waals surface area contributed by atoms with E-state index in [9.17, 15) is 4.79 Å². The summed E-state index contributed by atoms with van der Waals surface area (Å²) in [5.41, 5.74) is 9.88. The molecule has 108 valence electrons. The molecule has 2 N–H and O–H groups in total. The fraction of sp³-hybridized carbons (Fsp3) is 0.588. The van der Waals surface area contributed by atoms with Crippen molar-refractivity contribution in [3.8, 4) is 0 Å². The van der Waals surface area contributed by atoms with Crippen molar-refractivity contribution in [1.29, 1.82) is 0 Å². The van der Waals surface area contributed by atoms with Crippen molar-refractivity contribution in [3.63, 3.8) is 0 Å². The minimum Gasteiger partial charge on any atom is -0.327 e. The Hall–Kier alpha value is -1.35. The van der Waals surface area contributed by atoms with Gasteiger partial charge in [-0.25, -0.2) is 0 Å². The Labute approximate surface area is 121 Å². The number of hydrogen-bond acceptors (Lipinski definition) is 2. The van der Waals surface area contributed by atoms with Gasteiger partial charge in [0.1, 0.15) is 0 Å². The molecule has 1 aromatic rings. The molecule has 3 heteroatoms. The lowest BCUT2D eigenvalue weighted by Gasteiger charge is -2.17. The summed E-state index contributed by atoms with van der Waals surface area (Å²) in [5, 5.41) is 0. The maximum Gasteiger partial charge on any atom is 0.230 e. The van der Waals surface area contributed by atoms with E-state index in [1.807, 2.05) is 4.90 Å². The first-order valence-corrected chi connectivity index (χ1v) is 7.87. The molecular weight excluding hydrogens is 248 g/mol. The van der Waals surface area contributed by atoms with Gasteiger partial charge >= 0.3 is 0 Å². The van der Waals surface area contributed by atoms with Gasteiger partial charge in [0.05, 0.1) is 0 Å². The second kappa shape index (κ2) is 5.57. The van der Waals surface area contributed by atoms with Gasteiger partial charge in [-0.15, -0.1) is 0 Å². The minimum absolute atomic E-state index is 0.253. The molecule has 1 aliphatic carbocycles. The summed E-state index contributed by atoms with van der Waals surface area (Å²) in [6.45, 7) is 3.03. The highest BCUT2D eigenvalue weighted by atomic mass is 16.2. The Kier molecular flexibility index (Phi) is 3.79. The molecule has 1 amide bonds. The molecule has 1 heterocycles. The third-order valence-corrected chi connectivity index (χ3v) is 4.39. The Balaban J connectivity index is 1.72. The lowest BCUT2D eigenvalue weighted by Crippen LogP contribution is -2.30. The normalized spacial score (nSPS) is 19.0. The van der Waals surface area contributed by atoms with Crippen molar-refractivity contribution in [1.82, 2.24) is 0 Å². The van der Waals surface area contributed by atoms with E-state index in [0.29, 0.717) is 11.8 Å². The van der Waals surface area contributed by atoms with Gasteiger partial charge in [-0.05, 0) is 49.3 Å². The third kappa shape index (κ3) is 2.73. The molecule has 1 saturated carbocycles. The molecule has 3 rings (SSSR count). The van der Waals surface area contributed by atoms with Crippen LogP contribution in [0.2, 0.25) is 0 Å². The molecule has 0 saturated heterocycles. The van der Waals surface area contributed by atoms with Crippen LogP contribution in [0, 0.1) is 5.92 Å². The van der Waals surface area contributed by atoms with E-state index in [2.05, 4.69) is 25.1 Å². The standard InChI is InChI=1S/C17H24N2O/c1-2-3-15(18)11-12-4-7-16-14(10-12)8-9-19(16)17(20)13-5-6-13/h4,7,10,13,15H,2-3,5-6,8-9,11,18H2,1H3. The predicted molar refractivity (Wildman–Crippen MR) is 81.8 cm³/mol. The zero-order valence-corrected chi connectivity index (χ0v) is 12.3. The predicted octanol–water partition coefficient (Wildman–Crippen LogP) is 2.66. The van der Waals surface area contributed by atoms with Gasteiger partial charge in [-0.2, -0.15) is 0 Å². The van der Waals surface area contributed by atoms with E-state index >= 15 is 0 Å². The van der Waals surface area contributed by atoms with Crippen molar-refractivity contribution in [2.45, 2.75) is 51.5 Å². The average Bonchev–Trinajstić information content (AvgIpc) is 3.18. The number of anilines is 1. The molecule has 1 fully saturated rings. The molecule has 1 unspecified atom stereocenters. The second-order valence-electron chi connectivity index (χ2n) is 6.23. The number of hydrogen-bond donors (Lipinski definition) is 1. The van der Waals surface area contributed by atoms with Gasteiger partial charge in [0.2, 0.25) is 5.91 Å². The number of nitrogens with two attached hydrogens (primary N) is 1. The minimum atomic E-state index is 0.253. The van der Waals surface area contributed by atoms with E-state index in [1.165, 1.54) is 11.1 Å². The van der Waals surface area contributed by atoms with Gasteiger partial charge in [-0.3, -0.25) is 4.79 Å². The lowest BCUT2D eigenvalue weighted by atomic mass is 10.00. The van der Waals surface area contributed by atoms with Crippen LogP contribution >= 0.6 is 0 Å². The first-order valence-electron chi connectivity index (χ1n) is 7.87. The highest BCUT2D eigenvalue weighted by molar-refractivity contribution is 5.98. The topological polar surface area (TPSA) is 46.3 Å². The summed E-state index contributed by atoms with van der Waals surface area (Å²) in [6.07, 6.45) is 6.30. The highest BCUT2D eigenvalue weighted by Crippen LogP contribution is 2.36. The number of carbonyl (C=O) groups excluding carboxylic acids is 1. The van der Waals surface area contributed by atoms with Crippen molar-refractivity contribution in [3.05, 3.63) is 29.3 Å². The van der Waals surface area contributed by atoms with Gasteiger partial charge in [0.15, 0.2) is 0 Å². The van der Waals surface area contributed by atoms with Gasteiger partial charge in [0.25, 0.3) is 0 Å². The van der Waals surface area contributed by atoms with Gasteiger partial charge < -0.3 is 10.6 Å². The van der Waals surface area contributed by atoms with Crippen LogP contribution < -0.4 is 10.6 Å². The Morgan fingerprint density at radius 3 is 2.95 bits per heavy atom. The Bertz CT molecular complexity index is 508. The average molecular weight is 272 g/mol. The molecule has 1 aliphatic heterocycles. The molecule has 0 aromatic heterocycles. The third-order valence-electron chi connectivity index (χ3n) is 4.39. The summed E-state index contributed by atoms with van der Waals surface area (Å²) < 4.78 is 0. The zero-order chi connectivity index (χ0) is 14.1. The van der Waals surface area contributed by atoms with Crippen LogP contribution in [0.15, 0.2) is 18.2 Å². The van der Waals surface area contributed by atoms with Crippen LogP contribution in [0.1, 0.15) is 43.7 Å². The molecule has 0 bridgehead atoms. The summed E-state index contributed by atoms with van der Waals surface area (Å²) in [6, 6.07) is 6.78. The van der Waals surface area contributed by atoms with Crippen LogP contribution in [0.3, 0.4) is 0 Å². The summed E-state index contributed by atoms with van der Waals surface area (Å²) in [4.78, 5) is 14.2. The van der Waals surface area contributed by atoms with E-state index in [4.69, 9.17) is 5.73 Å². The van der Waals surface area contributed by atoms with Gasteiger partial charge in [-0.1, -0.05) is 25.5 Å². The number of benzene rings is 1. The van der Waals surface area contributed by atoms with Crippen LogP contribution in [-0.4, -0.2) is 18.5 Å². The molecule has 0 radical (unpaired) electrons. The Morgan fingerprint density at radius 2 is 2.25 bits per heavy atom. The summed E-state index contributed by atoms with van der Waals surface area (Å²) in [5.74, 6) is 0.637. The van der Waals surface area contributed by atoms with E-state index in [1.54, 1.807) is 0 Å². The second-order valence-corrected chi connectivity index (χ2v) is 6.23. The maximum atomic E-state index is 12.2. The molecular formula is C17H24N2O. The zero-order valence-electron chi connectivity index (χ0n) is 12.3. The van der Waals surface area contributed by atoms with Crippen molar-refractivity contribution < 1.29 is 4.79 Å². The quantitative estimate of drug-likeness (QED) is 0.895. The molecule has 1 aromatic carbocycles. The molecule has 0 spiro atoms. The van der Waals surface area contributed by atoms with Crippen molar-refractivity contribution in [2.24, 2.45) is 11.7 Å². The first-order chi connectivity index (χ1) is 9.69. The lowest BCUT2D eigenvalue weighted by molar-refractivity contribution is -0.119. The highest BCUT2D eigenvalue weighted by Gasteiger charge is 2.36. The fourth-order valence-electron chi connectivity index (χ4n) is 3.14. The monoisotopic (exact) mass is 272 g/mol. The van der Waals surface area contributed by atoms with Crippen LogP contribution in [0.25, 0.3) is 0 Å². The molecule has 20 heavy (non-hydrogen) atoms. The number of nitrogens with zero attached hydrogens (tertiary/aromatic N) is 1. The molecule has 1 atom stereocenters. The smallest absolute Gasteiger partial charge is 0.230 e. The summed E-state index contributed by atoms with van der Waals surface area (Å²) >= 11 is 0.